The van der Waals surface area contributed by atoms with Gasteiger partial charge in [0, 0.05) is 56.4 Å². The lowest BCUT2D eigenvalue weighted by Gasteiger charge is -2.36. The fourth-order valence-electron chi connectivity index (χ4n) is 3.03. The van der Waals surface area contributed by atoms with Gasteiger partial charge in [0.25, 0.3) is 0 Å². The van der Waals surface area contributed by atoms with Crippen LogP contribution in [0.3, 0.4) is 0 Å². The van der Waals surface area contributed by atoms with Crippen LogP contribution in [0.15, 0.2) is 0 Å². The van der Waals surface area contributed by atoms with E-state index in [1.54, 1.807) is 7.11 Å². The Kier molecular flexibility index (Phi) is 5.96. The van der Waals surface area contributed by atoms with Crippen molar-refractivity contribution >= 4 is 17.6 Å². The minimum atomic E-state index is 0.665. The maximum atomic E-state index is 5.09. The number of rotatable bonds is 6. The van der Waals surface area contributed by atoms with Crippen LogP contribution < -0.4 is 10.2 Å². The normalized spacial score (nSPS) is 22.8. The molecule has 1 aromatic heterocycles. The minimum Gasteiger partial charge on any atom is -0.383 e. The molecule has 0 spiro atoms. The van der Waals surface area contributed by atoms with E-state index in [2.05, 4.69) is 54.9 Å². The summed E-state index contributed by atoms with van der Waals surface area (Å²) >= 11 is 2.08. The lowest BCUT2D eigenvalue weighted by Crippen LogP contribution is -2.42. The summed E-state index contributed by atoms with van der Waals surface area (Å²) in [4.78, 5) is 2.50. The summed E-state index contributed by atoms with van der Waals surface area (Å²) < 4.78 is 7.13. The maximum Gasteiger partial charge on any atom is 0.131 e. The summed E-state index contributed by atoms with van der Waals surface area (Å²) in [6, 6.07) is 0. The fourth-order valence-corrected chi connectivity index (χ4v) is 4.36. The zero-order chi connectivity index (χ0) is 15.4. The summed E-state index contributed by atoms with van der Waals surface area (Å²) in [7, 11) is 3.79. The van der Waals surface area contributed by atoms with E-state index in [1.807, 2.05) is 4.68 Å². The van der Waals surface area contributed by atoms with Crippen molar-refractivity contribution in [3.63, 3.8) is 0 Å². The van der Waals surface area contributed by atoms with Crippen LogP contribution in [0.2, 0.25) is 0 Å². The van der Waals surface area contributed by atoms with Gasteiger partial charge in [0.15, 0.2) is 0 Å². The van der Waals surface area contributed by atoms with Crippen LogP contribution in [0.4, 0.5) is 5.82 Å². The molecule has 6 heteroatoms. The molecule has 1 aromatic rings. The van der Waals surface area contributed by atoms with E-state index in [4.69, 9.17) is 4.74 Å². The van der Waals surface area contributed by atoms with E-state index in [9.17, 15) is 0 Å². The molecule has 2 atom stereocenters. The van der Waals surface area contributed by atoms with Crippen molar-refractivity contribution in [1.82, 2.24) is 15.1 Å². The van der Waals surface area contributed by atoms with E-state index >= 15 is 0 Å². The van der Waals surface area contributed by atoms with Crippen LogP contribution in [0.5, 0.6) is 0 Å². The molecule has 5 nitrogen and oxygen atoms in total. The second-order valence-corrected chi connectivity index (χ2v) is 7.72. The Morgan fingerprint density at radius 1 is 1.33 bits per heavy atom. The third-order valence-corrected chi connectivity index (χ3v) is 5.04. The summed E-state index contributed by atoms with van der Waals surface area (Å²) in [6.07, 6.45) is 0. The first-order chi connectivity index (χ1) is 10.0. The van der Waals surface area contributed by atoms with Gasteiger partial charge in [-0.05, 0) is 6.92 Å². The first-order valence-corrected chi connectivity index (χ1v) is 8.59. The number of hydrogen-bond donors (Lipinski definition) is 1. The van der Waals surface area contributed by atoms with Gasteiger partial charge < -0.3 is 15.0 Å². The first kappa shape index (κ1) is 16.6. The van der Waals surface area contributed by atoms with Crippen molar-refractivity contribution in [2.75, 3.05) is 38.3 Å². The monoisotopic (exact) mass is 312 g/mol. The number of anilines is 1. The fraction of sp³-hybridized carbons (Fsp3) is 0.800. The van der Waals surface area contributed by atoms with E-state index in [-0.39, 0.29) is 0 Å². The van der Waals surface area contributed by atoms with Crippen molar-refractivity contribution in [3.8, 4) is 0 Å². The number of hydrogen-bond acceptors (Lipinski definition) is 5. The number of aryl methyl sites for hydroxylation is 2. The molecule has 1 fully saturated rings. The highest BCUT2D eigenvalue weighted by molar-refractivity contribution is 8.00. The average molecular weight is 312 g/mol. The van der Waals surface area contributed by atoms with Crippen LogP contribution in [-0.4, -0.2) is 53.6 Å². The van der Waals surface area contributed by atoms with Crippen LogP contribution in [0.25, 0.3) is 0 Å². The number of nitrogens with zero attached hydrogens (tertiary/aromatic N) is 3. The Balaban J connectivity index is 2.13. The Morgan fingerprint density at radius 3 is 2.62 bits per heavy atom. The van der Waals surface area contributed by atoms with Gasteiger partial charge in [-0.3, -0.25) is 4.68 Å². The summed E-state index contributed by atoms with van der Waals surface area (Å²) in [5, 5.41) is 9.41. The lowest BCUT2D eigenvalue weighted by atomic mass is 10.2. The topological polar surface area (TPSA) is 42.3 Å². The second-order valence-electron chi connectivity index (χ2n) is 5.84. The second kappa shape index (κ2) is 7.51. The van der Waals surface area contributed by atoms with Gasteiger partial charge in [-0.2, -0.15) is 16.9 Å². The zero-order valence-electron chi connectivity index (χ0n) is 13.8. The van der Waals surface area contributed by atoms with E-state index in [0.29, 0.717) is 10.5 Å². The molecule has 1 saturated heterocycles. The van der Waals surface area contributed by atoms with Gasteiger partial charge in [-0.1, -0.05) is 13.8 Å². The van der Waals surface area contributed by atoms with Crippen LogP contribution in [0.1, 0.15) is 25.1 Å². The number of nitrogens with one attached hydrogen (secondary N) is 1. The largest absolute Gasteiger partial charge is 0.383 e. The highest BCUT2D eigenvalue weighted by Gasteiger charge is 2.27. The van der Waals surface area contributed by atoms with E-state index in [1.165, 1.54) is 11.4 Å². The van der Waals surface area contributed by atoms with Crippen molar-refractivity contribution in [1.29, 1.82) is 0 Å². The van der Waals surface area contributed by atoms with Crippen LogP contribution in [-0.2, 0) is 18.3 Å². The summed E-state index contributed by atoms with van der Waals surface area (Å²) in [5.74, 6) is 1.27. The number of thioether (sulfide) groups is 1. The molecule has 0 bridgehead atoms. The van der Waals surface area contributed by atoms with E-state index < -0.39 is 0 Å². The molecule has 120 valence electrons. The van der Waals surface area contributed by atoms with Crippen molar-refractivity contribution in [2.45, 2.75) is 37.8 Å². The molecular weight excluding hydrogens is 284 g/mol. The molecule has 2 heterocycles. The quantitative estimate of drug-likeness (QED) is 0.811. The molecule has 1 N–H and O–H groups in total. The van der Waals surface area contributed by atoms with Crippen LogP contribution >= 0.6 is 11.8 Å². The molecule has 0 aliphatic carbocycles. The Bertz CT molecular complexity index is 453. The first-order valence-electron chi connectivity index (χ1n) is 7.65. The van der Waals surface area contributed by atoms with Crippen molar-refractivity contribution < 1.29 is 4.74 Å². The molecule has 1 aliphatic rings. The Hall–Kier alpha value is -0.720. The molecule has 2 rings (SSSR count). The Morgan fingerprint density at radius 2 is 2.00 bits per heavy atom. The lowest BCUT2D eigenvalue weighted by molar-refractivity contribution is 0.199. The SMILES string of the molecule is COCCNCc1c(C)nn(C)c1N1CC(C)SC(C)C1. The summed E-state index contributed by atoms with van der Waals surface area (Å²) in [6.45, 7) is 11.4. The number of ether oxygens (including phenoxy) is 1. The zero-order valence-corrected chi connectivity index (χ0v) is 14.7. The number of methoxy groups -OCH3 is 1. The molecule has 0 saturated carbocycles. The smallest absolute Gasteiger partial charge is 0.131 e. The van der Waals surface area contributed by atoms with Crippen molar-refractivity contribution in [3.05, 3.63) is 11.3 Å². The highest BCUT2D eigenvalue weighted by atomic mass is 32.2. The highest BCUT2D eigenvalue weighted by Crippen LogP contribution is 2.31. The van der Waals surface area contributed by atoms with Gasteiger partial charge in [0.05, 0.1) is 12.3 Å². The molecule has 21 heavy (non-hydrogen) atoms. The molecule has 2 unspecified atom stereocenters. The molecule has 1 aliphatic heterocycles. The predicted molar refractivity (Wildman–Crippen MR) is 90.3 cm³/mol. The number of aromatic nitrogens is 2. The van der Waals surface area contributed by atoms with Gasteiger partial charge in [-0.25, -0.2) is 0 Å². The predicted octanol–water partition coefficient (Wildman–Crippen LogP) is 1.79. The molecule has 0 radical (unpaired) electrons. The Labute approximate surface area is 132 Å². The van der Waals surface area contributed by atoms with Gasteiger partial charge in [0.1, 0.15) is 5.82 Å². The molecular formula is C15H28N4OS. The third kappa shape index (κ3) is 4.14. The van der Waals surface area contributed by atoms with E-state index in [0.717, 1.165) is 38.5 Å². The standard InChI is InChI=1S/C15H28N4OS/c1-11-9-19(10-12(2)21-11)15-14(8-16-6-7-20-5)13(3)17-18(15)4/h11-12,16H,6-10H2,1-5H3. The molecule has 0 aromatic carbocycles. The maximum absolute atomic E-state index is 5.09. The van der Waals surface area contributed by atoms with Gasteiger partial charge in [0.2, 0.25) is 0 Å². The third-order valence-electron chi connectivity index (χ3n) is 3.82. The minimum absolute atomic E-state index is 0.665. The van der Waals surface area contributed by atoms with Crippen LogP contribution in [0, 0.1) is 6.92 Å². The average Bonchev–Trinajstić information content (AvgIpc) is 2.68. The summed E-state index contributed by atoms with van der Waals surface area (Å²) in [5.41, 5.74) is 2.44. The molecule has 0 amide bonds. The van der Waals surface area contributed by atoms with Crippen molar-refractivity contribution in [2.24, 2.45) is 7.05 Å². The van der Waals surface area contributed by atoms with Gasteiger partial charge in [-0.15, -0.1) is 0 Å². The van der Waals surface area contributed by atoms with Gasteiger partial charge >= 0.3 is 0 Å².